The summed E-state index contributed by atoms with van der Waals surface area (Å²) in [6.45, 7) is 1.88. The van der Waals surface area contributed by atoms with Crippen molar-refractivity contribution in [1.82, 2.24) is 9.97 Å². The highest BCUT2D eigenvalue weighted by molar-refractivity contribution is 5.90. The maximum Gasteiger partial charge on any atom is 0.417 e. The van der Waals surface area contributed by atoms with Crippen molar-refractivity contribution < 1.29 is 13.2 Å². The summed E-state index contributed by atoms with van der Waals surface area (Å²) in [7, 11) is 0. The normalized spacial score (nSPS) is 11.8. The number of fused-ring (bicyclic) bond motifs is 1. The summed E-state index contributed by atoms with van der Waals surface area (Å²) in [5.74, 6) is 0.139. The van der Waals surface area contributed by atoms with E-state index >= 15 is 0 Å². The third-order valence-electron chi connectivity index (χ3n) is 3.36. The number of nitrogens with two attached hydrogens (primary N) is 1. The first kappa shape index (κ1) is 14.3. The molecule has 1 heterocycles. The van der Waals surface area contributed by atoms with Crippen LogP contribution in [0.5, 0.6) is 0 Å². The summed E-state index contributed by atoms with van der Waals surface area (Å²) >= 11 is 0. The lowest BCUT2D eigenvalue weighted by molar-refractivity contribution is -0.137. The first-order valence-corrected chi connectivity index (χ1v) is 6.57. The van der Waals surface area contributed by atoms with Gasteiger partial charge in [-0.3, -0.25) is 0 Å². The second-order valence-electron chi connectivity index (χ2n) is 5.00. The van der Waals surface area contributed by atoms with E-state index in [1.165, 1.54) is 18.2 Å². The Kier molecular flexibility index (Phi) is 3.24. The standard InChI is InChI=1S/C16H12F3N3/c1-9-6-7-11-13(8-9)21-15(22-14(11)20)10-4-2-3-5-12(10)16(17,18)19/h2-8H,1H3,(H2,20,21,22). The zero-order chi connectivity index (χ0) is 15.9. The van der Waals surface area contributed by atoms with Crippen molar-refractivity contribution >= 4 is 16.7 Å². The molecule has 0 fully saturated rings. The van der Waals surface area contributed by atoms with Crippen LogP contribution in [0, 0.1) is 6.92 Å². The Hall–Kier alpha value is -2.63. The molecule has 0 aliphatic rings. The van der Waals surface area contributed by atoms with Gasteiger partial charge in [-0.1, -0.05) is 24.3 Å². The number of benzene rings is 2. The highest BCUT2D eigenvalue weighted by Crippen LogP contribution is 2.36. The van der Waals surface area contributed by atoms with Crippen molar-refractivity contribution in [3.05, 3.63) is 53.6 Å². The SMILES string of the molecule is Cc1ccc2c(N)nc(-c3ccccc3C(F)(F)F)nc2c1. The van der Waals surface area contributed by atoms with Crippen molar-refractivity contribution in [1.29, 1.82) is 0 Å². The molecule has 1 aromatic heterocycles. The van der Waals surface area contributed by atoms with E-state index in [2.05, 4.69) is 9.97 Å². The molecule has 3 nitrogen and oxygen atoms in total. The first-order chi connectivity index (χ1) is 10.4. The molecule has 6 heteroatoms. The Morgan fingerprint density at radius 3 is 2.45 bits per heavy atom. The van der Waals surface area contributed by atoms with Crippen molar-refractivity contribution in [3.8, 4) is 11.4 Å². The average Bonchev–Trinajstić information content (AvgIpc) is 2.45. The number of hydrogen-bond donors (Lipinski definition) is 1. The van der Waals surface area contributed by atoms with E-state index in [0.29, 0.717) is 10.9 Å². The lowest BCUT2D eigenvalue weighted by Gasteiger charge is -2.12. The fourth-order valence-electron chi connectivity index (χ4n) is 2.31. The van der Waals surface area contributed by atoms with Crippen LogP contribution in [0.3, 0.4) is 0 Å². The predicted octanol–water partition coefficient (Wildman–Crippen LogP) is 4.21. The van der Waals surface area contributed by atoms with Crippen LogP contribution in [0.1, 0.15) is 11.1 Å². The lowest BCUT2D eigenvalue weighted by Crippen LogP contribution is -2.08. The number of nitrogen functional groups attached to an aromatic ring is 1. The minimum absolute atomic E-state index is 0.0245. The van der Waals surface area contributed by atoms with Crippen molar-refractivity contribution in [2.45, 2.75) is 13.1 Å². The van der Waals surface area contributed by atoms with E-state index in [1.807, 2.05) is 13.0 Å². The van der Waals surface area contributed by atoms with Crippen LogP contribution in [-0.2, 0) is 6.18 Å². The molecule has 0 bridgehead atoms. The Morgan fingerprint density at radius 2 is 1.73 bits per heavy atom. The molecule has 3 aromatic rings. The van der Waals surface area contributed by atoms with Gasteiger partial charge in [-0.05, 0) is 30.7 Å². The zero-order valence-electron chi connectivity index (χ0n) is 11.6. The third kappa shape index (κ3) is 2.47. The van der Waals surface area contributed by atoms with E-state index < -0.39 is 11.7 Å². The van der Waals surface area contributed by atoms with Crippen LogP contribution in [0.15, 0.2) is 42.5 Å². The van der Waals surface area contributed by atoms with Crippen molar-refractivity contribution in [3.63, 3.8) is 0 Å². The van der Waals surface area contributed by atoms with Gasteiger partial charge in [-0.2, -0.15) is 13.2 Å². The zero-order valence-corrected chi connectivity index (χ0v) is 11.6. The number of anilines is 1. The van der Waals surface area contributed by atoms with Crippen molar-refractivity contribution in [2.24, 2.45) is 0 Å². The van der Waals surface area contributed by atoms with Gasteiger partial charge in [0.05, 0.1) is 11.1 Å². The number of nitrogens with zero attached hydrogens (tertiary/aromatic N) is 2. The van der Waals surface area contributed by atoms with Gasteiger partial charge in [0.2, 0.25) is 0 Å². The molecule has 0 radical (unpaired) electrons. The molecule has 3 rings (SSSR count). The molecule has 0 saturated heterocycles. The highest BCUT2D eigenvalue weighted by atomic mass is 19.4. The highest BCUT2D eigenvalue weighted by Gasteiger charge is 2.34. The summed E-state index contributed by atoms with van der Waals surface area (Å²) in [6, 6.07) is 10.6. The monoisotopic (exact) mass is 303 g/mol. The van der Waals surface area contributed by atoms with E-state index in [4.69, 9.17) is 5.73 Å². The molecule has 0 aliphatic carbocycles. The van der Waals surface area contributed by atoms with E-state index in [-0.39, 0.29) is 17.2 Å². The van der Waals surface area contributed by atoms with Gasteiger partial charge in [0.1, 0.15) is 5.82 Å². The van der Waals surface area contributed by atoms with Crippen LogP contribution in [0.4, 0.5) is 19.0 Å². The van der Waals surface area contributed by atoms with Gasteiger partial charge in [0, 0.05) is 10.9 Å². The Bertz CT molecular complexity index is 857. The topological polar surface area (TPSA) is 51.8 Å². The molecule has 112 valence electrons. The molecule has 2 N–H and O–H groups in total. The summed E-state index contributed by atoms with van der Waals surface area (Å²) in [5, 5.41) is 0.624. The largest absolute Gasteiger partial charge is 0.417 e. The summed E-state index contributed by atoms with van der Waals surface area (Å²) in [5.41, 5.74) is 6.49. The number of hydrogen-bond acceptors (Lipinski definition) is 3. The second-order valence-corrected chi connectivity index (χ2v) is 5.00. The molecule has 0 spiro atoms. The van der Waals surface area contributed by atoms with Gasteiger partial charge >= 0.3 is 6.18 Å². The molecule has 0 saturated carbocycles. The van der Waals surface area contributed by atoms with Crippen LogP contribution in [0.2, 0.25) is 0 Å². The summed E-state index contributed by atoms with van der Waals surface area (Å²) in [6.07, 6.45) is -4.48. The van der Waals surface area contributed by atoms with Gasteiger partial charge in [0.15, 0.2) is 5.82 Å². The molecule has 0 atom stereocenters. The fourth-order valence-corrected chi connectivity index (χ4v) is 2.31. The molecule has 0 amide bonds. The molecular formula is C16H12F3N3. The molecule has 0 unspecified atom stereocenters. The Balaban J connectivity index is 2.28. The minimum Gasteiger partial charge on any atom is -0.383 e. The Morgan fingerprint density at radius 1 is 1.00 bits per heavy atom. The van der Waals surface area contributed by atoms with Gasteiger partial charge < -0.3 is 5.73 Å². The molecular weight excluding hydrogens is 291 g/mol. The smallest absolute Gasteiger partial charge is 0.383 e. The number of rotatable bonds is 1. The predicted molar refractivity (Wildman–Crippen MR) is 79.1 cm³/mol. The lowest BCUT2D eigenvalue weighted by atomic mass is 10.1. The van der Waals surface area contributed by atoms with E-state index in [1.54, 1.807) is 12.1 Å². The number of alkyl halides is 3. The molecule has 0 aliphatic heterocycles. The van der Waals surface area contributed by atoms with E-state index in [9.17, 15) is 13.2 Å². The number of halogens is 3. The third-order valence-corrected chi connectivity index (χ3v) is 3.36. The number of aromatic nitrogens is 2. The van der Waals surface area contributed by atoms with Crippen LogP contribution in [0.25, 0.3) is 22.3 Å². The minimum atomic E-state index is -4.48. The summed E-state index contributed by atoms with van der Waals surface area (Å²) in [4.78, 5) is 8.29. The maximum atomic E-state index is 13.1. The van der Waals surface area contributed by atoms with Crippen molar-refractivity contribution in [2.75, 3.05) is 5.73 Å². The van der Waals surface area contributed by atoms with Crippen LogP contribution in [-0.4, -0.2) is 9.97 Å². The second kappa shape index (κ2) is 4.98. The fraction of sp³-hybridized carbons (Fsp3) is 0.125. The maximum absolute atomic E-state index is 13.1. The number of aryl methyl sites for hydroxylation is 1. The first-order valence-electron chi connectivity index (χ1n) is 6.57. The Labute approximate surface area is 124 Å². The average molecular weight is 303 g/mol. The quantitative estimate of drug-likeness (QED) is 0.732. The summed E-state index contributed by atoms with van der Waals surface area (Å²) < 4.78 is 39.4. The van der Waals surface area contributed by atoms with Crippen LogP contribution >= 0.6 is 0 Å². The van der Waals surface area contributed by atoms with E-state index in [0.717, 1.165) is 11.6 Å². The van der Waals surface area contributed by atoms with Gasteiger partial charge in [0.25, 0.3) is 0 Å². The molecule has 22 heavy (non-hydrogen) atoms. The van der Waals surface area contributed by atoms with Gasteiger partial charge in [-0.25, -0.2) is 9.97 Å². The van der Waals surface area contributed by atoms with Crippen LogP contribution < -0.4 is 5.73 Å². The van der Waals surface area contributed by atoms with Gasteiger partial charge in [-0.15, -0.1) is 0 Å². The molecule has 2 aromatic carbocycles.